The Hall–Kier alpha value is -0.420. The molecule has 1 saturated heterocycles. The molecule has 0 bridgehead atoms. The Kier molecular flexibility index (Phi) is 5.39. The van der Waals surface area contributed by atoms with Crippen molar-refractivity contribution in [1.29, 1.82) is 0 Å². The van der Waals surface area contributed by atoms with E-state index in [-0.39, 0.29) is 0 Å². The van der Waals surface area contributed by atoms with Gasteiger partial charge in [0.1, 0.15) is 0 Å². The summed E-state index contributed by atoms with van der Waals surface area (Å²) in [6.45, 7) is 14.0. The first-order chi connectivity index (χ1) is 9.06. The highest BCUT2D eigenvalue weighted by atomic mass is 32.1. The summed E-state index contributed by atoms with van der Waals surface area (Å²) in [4.78, 5) is 5.33. The van der Waals surface area contributed by atoms with Gasteiger partial charge in [0.05, 0.1) is 13.2 Å². The van der Waals surface area contributed by atoms with Gasteiger partial charge >= 0.3 is 0 Å². The fourth-order valence-corrected chi connectivity index (χ4v) is 3.84. The molecule has 1 aromatic rings. The first kappa shape index (κ1) is 15.0. The van der Waals surface area contributed by atoms with Crippen LogP contribution >= 0.6 is 11.3 Å². The van der Waals surface area contributed by atoms with Crippen LogP contribution in [-0.2, 0) is 4.74 Å². The maximum absolute atomic E-state index is 5.39. The second-order valence-electron chi connectivity index (χ2n) is 5.57. The number of morpholine rings is 1. The first-order valence-corrected chi connectivity index (χ1v) is 8.01. The van der Waals surface area contributed by atoms with Gasteiger partial charge < -0.3 is 10.1 Å². The van der Waals surface area contributed by atoms with E-state index in [2.05, 4.69) is 44.0 Å². The Bertz CT molecular complexity index is 399. The fourth-order valence-electron chi connectivity index (χ4n) is 2.82. The van der Waals surface area contributed by atoms with Crippen molar-refractivity contribution in [2.24, 2.45) is 0 Å². The summed E-state index contributed by atoms with van der Waals surface area (Å²) in [6, 6.07) is 3.26. The molecule has 1 N–H and O–H groups in total. The second-order valence-corrected chi connectivity index (χ2v) is 7.03. The zero-order valence-corrected chi connectivity index (χ0v) is 13.3. The van der Waals surface area contributed by atoms with Gasteiger partial charge in [-0.3, -0.25) is 4.90 Å². The van der Waals surface area contributed by atoms with Crippen molar-refractivity contribution in [2.45, 2.75) is 39.8 Å². The Morgan fingerprint density at radius 1 is 1.32 bits per heavy atom. The zero-order valence-electron chi connectivity index (χ0n) is 12.5. The van der Waals surface area contributed by atoms with E-state index in [4.69, 9.17) is 4.74 Å². The van der Waals surface area contributed by atoms with Crippen LogP contribution in [0.3, 0.4) is 0 Å². The number of hydrogen-bond acceptors (Lipinski definition) is 4. The Balaban J connectivity index is 1.84. The van der Waals surface area contributed by atoms with Crippen LogP contribution in [0.2, 0.25) is 0 Å². The Labute approximate surface area is 121 Å². The lowest BCUT2D eigenvalue weighted by molar-refractivity contribution is 0.0339. The molecule has 2 unspecified atom stereocenters. The molecule has 2 atom stereocenters. The van der Waals surface area contributed by atoms with Crippen molar-refractivity contribution in [3.8, 4) is 0 Å². The van der Waals surface area contributed by atoms with Gasteiger partial charge in [0.25, 0.3) is 0 Å². The second kappa shape index (κ2) is 6.84. The van der Waals surface area contributed by atoms with Crippen molar-refractivity contribution in [2.75, 3.05) is 32.8 Å². The van der Waals surface area contributed by atoms with Crippen LogP contribution < -0.4 is 5.32 Å². The molecular weight excluding hydrogens is 256 g/mol. The molecule has 1 aromatic heterocycles. The molecule has 108 valence electrons. The molecule has 0 aromatic carbocycles. The monoisotopic (exact) mass is 282 g/mol. The number of hydrogen-bond donors (Lipinski definition) is 1. The summed E-state index contributed by atoms with van der Waals surface area (Å²) in [5.41, 5.74) is 1.45. The largest absolute Gasteiger partial charge is 0.379 e. The van der Waals surface area contributed by atoms with Crippen molar-refractivity contribution < 1.29 is 4.74 Å². The average molecular weight is 282 g/mol. The summed E-state index contributed by atoms with van der Waals surface area (Å²) >= 11 is 1.89. The zero-order chi connectivity index (χ0) is 13.8. The minimum atomic E-state index is 0.431. The third kappa shape index (κ3) is 4.28. The third-order valence-corrected chi connectivity index (χ3v) is 4.70. The molecule has 1 aliphatic rings. The van der Waals surface area contributed by atoms with Crippen LogP contribution in [0.1, 0.15) is 35.2 Å². The van der Waals surface area contributed by atoms with E-state index in [0.717, 1.165) is 32.8 Å². The molecule has 2 rings (SSSR count). The molecule has 4 heteroatoms. The van der Waals surface area contributed by atoms with Gasteiger partial charge in [-0.15, -0.1) is 11.3 Å². The number of nitrogens with one attached hydrogen (secondary N) is 1. The van der Waals surface area contributed by atoms with E-state index in [0.29, 0.717) is 12.1 Å². The predicted molar refractivity (Wildman–Crippen MR) is 82.1 cm³/mol. The van der Waals surface area contributed by atoms with Crippen LogP contribution in [0, 0.1) is 13.8 Å². The van der Waals surface area contributed by atoms with Crippen molar-refractivity contribution in [1.82, 2.24) is 10.2 Å². The van der Waals surface area contributed by atoms with E-state index in [1.165, 1.54) is 15.3 Å². The first-order valence-electron chi connectivity index (χ1n) is 7.19. The van der Waals surface area contributed by atoms with Crippen LogP contribution in [0.25, 0.3) is 0 Å². The van der Waals surface area contributed by atoms with E-state index in [1.54, 1.807) is 0 Å². The van der Waals surface area contributed by atoms with E-state index in [1.807, 2.05) is 11.3 Å². The normalized spacial score (nSPS) is 20.4. The topological polar surface area (TPSA) is 24.5 Å². The van der Waals surface area contributed by atoms with Gasteiger partial charge in [-0.2, -0.15) is 0 Å². The standard InChI is InChI=1S/C15H26N2OS/c1-11(10-17-5-7-18-8-6-17)16-13(3)15-9-12(2)19-14(15)4/h9,11,13,16H,5-8,10H2,1-4H3. The highest BCUT2D eigenvalue weighted by Crippen LogP contribution is 2.26. The number of nitrogens with zero attached hydrogens (tertiary/aromatic N) is 1. The summed E-state index contributed by atoms with van der Waals surface area (Å²) in [5.74, 6) is 0. The van der Waals surface area contributed by atoms with Gasteiger partial charge in [-0.1, -0.05) is 0 Å². The molecule has 19 heavy (non-hydrogen) atoms. The van der Waals surface area contributed by atoms with E-state index >= 15 is 0 Å². The van der Waals surface area contributed by atoms with Crippen molar-refractivity contribution in [3.05, 3.63) is 21.4 Å². The molecule has 0 amide bonds. The lowest BCUT2D eigenvalue weighted by Gasteiger charge is -2.30. The predicted octanol–water partition coefficient (Wildman–Crippen LogP) is 2.74. The smallest absolute Gasteiger partial charge is 0.0594 e. The van der Waals surface area contributed by atoms with Gasteiger partial charge in [-0.25, -0.2) is 0 Å². The lowest BCUT2D eigenvalue weighted by atomic mass is 10.1. The van der Waals surface area contributed by atoms with Crippen molar-refractivity contribution >= 4 is 11.3 Å². The molecule has 0 aliphatic carbocycles. The van der Waals surface area contributed by atoms with Gasteiger partial charge in [-0.05, 0) is 39.3 Å². The number of ether oxygens (including phenoxy) is 1. The number of thiophene rings is 1. The molecular formula is C15H26N2OS. The van der Waals surface area contributed by atoms with E-state index < -0.39 is 0 Å². The van der Waals surface area contributed by atoms with Crippen LogP contribution in [0.15, 0.2) is 6.07 Å². The molecule has 2 heterocycles. The molecule has 1 aliphatic heterocycles. The highest BCUT2D eigenvalue weighted by molar-refractivity contribution is 7.12. The Morgan fingerprint density at radius 3 is 2.58 bits per heavy atom. The van der Waals surface area contributed by atoms with Gasteiger partial charge in [0.2, 0.25) is 0 Å². The average Bonchev–Trinajstić information content (AvgIpc) is 2.69. The fraction of sp³-hybridized carbons (Fsp3) is 0.733. The number of aryl methyl sites for hydroxylation is 2. The summed E-state index contributed by atoms with van der Waals surface area (Å²) in [5, 5.41) is 3.72. The Morgan fingerprint density at radius 2 is 2.00 bits per heavy atom. The maximum atomic E-state index is 5.39. The minimum Gasteiger partial charge on any atom is -0.379 e. The summed E-state index contributed by atoms with van der Waals surface area (Å²) in [6.07, 6.45) is 0. The summed E-state index contributed by atoms with van der Waals surface area (Å²) in [7, 11) is 0. The van der Waals surface area contributed by atoms with Crippen LogP contribution in [0.5, 0.6) is 0 Å². The quantitative estimate of drug-likeness (QED) is 0.899. The SMILES string of the molecule is Cc1cc(C(C)NC(C)CN2CCOCC2)c(C)s1. The summed E-state index contributed by atoms with van der Waals surface area (Å²) < 4.78 is 5.39. The van der Waals surface area contributed by atoms with Crippen LogP contribution in [0.4, 0.5) is 0 Å². The van der Waals surface area contributed by atoms with Gasteiger partial charge in [0, 0.05) is 41.5 Å². The van der Waals surface area contributed by atoms with E-state index in [9.17, 15) is 0 Å². The van der Waals surface area contributed by atoms with Crippen molar-refractivity contribution in [3.63, 3.8) is 0 Å². The number of rotatable bonds is 5. The van der Waals surface area contributed by atoms with Crippen LogP contribution in [-0.4, -0.2) is 43.8 Å². The molecule has 3 nitrogen and oxygen atoms in total. The molecule has 0 spiro atoms. The lowest BCUT2D eigenvalue weighted by Crippen LogP contribution is -2.45. The third-order valence-electron chi connectivity index (χ3n) is 3.72. The molecule has 0 radical (unpaired) electrons. The highest BCUT2D eigenvalue weighted by Gasteiger charge is 2.17. The molecule has 1 fully saturated rings. The maximum Gasteiger partial charge on any atom is 0.0594 e. The minimum absolute atomic E-state index is 0.431. The van der Waals surface area contributed by atoms with Gasteiger partial charge in [0.15, 0.2) is 0 Å². The molecule has 0 saturated carbocycles.